The van der Waals surface area contributed by atoms with Gasteiger partial charge in [0.1, 0.15) is 5.75 Å². The molecule has 0 unspecified atom stereocenters. The molecule has 2 rings (SSSR count). The van der Waals surface area contributed by atoms with Crippen LogP contribution in [0.25, 0.3) is 0 Å². The van der Waals surface area contributed by atoms with Crippen LogP contribution in [0.15, 0.2) is 52.0 Å². The van der Waals surface area contributed by atoms with Gasteiger partial charge in [0.15, 0.2) is 0 Å². The first-order valence-corrected chi connectivity index (χ1v) is 7.99. The number of benzene rings is 2. The fourth-order valence-electron chi connectivity index (χ4n) is 1.98. The molecule has 0 radical (unpaired) electrons. The third-order valence-electron chi connectivity index (χ3n) is 3.37. The Morgan fingerprint density at radius 2 is 1.83 bits per heavy atom. The molecule has 2 aromatic rings. The van der Waals surface area contributed by atoms with Crippen molar-refractivity contribution in [3.63, 3.8) is 0 Å². The molecule has 4 nitrogen and oxygen atoms in total. The van der Waals surface area contributed by atoms with Gasteiger partial charge < -0.3 is 5.11 Å². The summed E-state index contributed by atoms with van der Waals surface area (Å²) in [6, 6.07) is 12.4. The predicted molar refractivity (Wildman–Crippen MR) is 96.0 cm³/mol. The van der Waals surface area contributed by atoms with Crippen molar-refractivity contribution in [1.82, 2.24) is 5.43 Å². The van der Waals surface area contributed by atoms with E-state index in [-0.39, 0.29) is 17.1 Å². The number of hydrogen-bond donors (Lipinski definition) is 2. The first-order valence-electron chi connectivity index (χ1n) is 7.20. The van der Waals surface area contributed by atoms with Gasteiger partial charge in [0.2, 0.25) is 0 Å². The third kappa shape index (κ3) is 4.66. The van der Waals surface area contributed by atoms with E-state index in [1.807, 2.05) is 12.1 Å². The van der Waals surface area contributed by atoms with Crippen LogP contribution in [-0.2, 0) is 5.41 Å². The van der Waals surface area contributed by atoms with Crippen molar-refractivity contribution < 1.29 is 9.90 Å². The summed E-state index contributed by atoms with van der Waals surface area (Å²) in [4.78, 5) is 12.1. The van der Waals surface area contributed by atoms with Crippen molar-refractivity contribution in [1.29, 1.82) is 0 Å². The fraction of sp³-hybridized carbons (Fsp3) is 0.222. The lowest BCUT2D eigenvalue weighted by atomic mass is 9.87. The van der Waals surface area contributed by atoms with Gasteiger partial charge in [0, 0.05) is 15.6 Å². The maximum Gasteiger partial charge on any atom is 0.271 e. The molecule has 0 aliphatic heterocycles. The number of aromatic hydroxyl groups is 1. The number of hydrogen-bond acceptors (Lipinski definition) is 3. The maximum atomic E-state index is 12.1. The average molecular weight is 375 g/mol. The van der Waals surface area contributed by atoms with Crippen molar-refractivity contribution in [3.8, 4) is 5.75 Å². The summed E-state index contributed by atoms with van der Waals surface area (Å²) in [5.74, 6) is -0.197. The Morgan fingerprint density at radius 3 is 2.43 bits per heavy atom. The second-order valence-corrected chi connectivity index (χ2v) is 7.15. The van der Waals surface area contributed by atoms with Crippen LogP contribution in [0.5, 0.6) is 5.75 Å². The standard InChI is InChI=1S/C18H19BrN2O2/c1-18(2,3)14-6-4-12(5-7-14)17(23)21-20-11-13-10-15(19)8-9-16(13)22/h4-11,22H,1-3H3,(H,21,23). The topological polar surface area (TPSA) is 61.7 Å². The van der Waals surface area contributed by atoms with Crippen LogP contribution < -0.4 is 5.43 Å². The number of carbonyl (C=O) groups is 1. The van der Waals surface area contributed by atoms with Crippen LogP contribution in [0.4, 0.5) is 0 Å². The Kier molecular flexibility index (Phi) is 5.21. The number of phenols is 1. The van der Waals surface area contributed by atoms with Gasteiger partial charge in [-0.2, -0.15) is 5.10 Å². The molecule has 0 heterocycles. The molecule has 2 aromatic carbocycles. The SMILES string of the molecule is CC(C)(C)c1ccc(C(=O)NN=Cc2cc(Br)ccc2O)cc1. The summed E-state index contributed by atoms with van der Waals surface area (Å²) in [5.41, 5.74) is 4.72. The van der Waals surface area contributed by atoms with Crippen molar-refractivity contribution in [3.05, 3.63) is 63.6 Å². The van der Waals surface area contributed by atoms with Gasteiger partial charge in [-0.1, -0.05) is 48.8 Å². The molecular weight excluding hydrogens is 356 g/mol. The van der Waals surface area contributed by atoms with Crippen molar-refractivity contribution in [2.75, 3.05) is 0 Å². The summed E-state index contributed by atoms with van der Waals surface area (Å²) in [6.45, 7) is 6.37. The molecule has 5 heteroatoms. The van der Waals surface area contributed by atoms with E-state index in [0.29, 0.717) is 11.1 Å². The quantitative estimate of drug-likeness (QED) is 0.624. The highest BCUT2D eigenvalue weighted by Gasteiger charge is 2.14. The Bertz CT molecular complexity index is 732. The van der Waals surface area contributed by atoms with E-state index in [9.17, 15) is 9.90 Å². The van der Waals surface area contributed by atoms with Crippen LogP contribution in [-0.4, -0.2) is 17.2 Å². The van der Waals surface area contributed by atoms with E-state index < -0.39 is 0 Å². The molecular formula is C18H19BrN2O2. The number of nitrogens with zero attached hydrogens (tertiary/aromatic N) is 1. The number of hydrazone groups is 1. The van der Waals surface area contributed by atoms with Gasteiger partial charge in [0.05, 0.1) is 6.21 Å². The Hall–Kier alpha value is -2.14. The van der Waals surface area contributed by atoms with E-state index >= 15 is 0 Å². The highest BCUT2D eigenvalue weighted by atomic mass is 79.9. The first kappa shape index (κ1) is 17.2. The van der Waals surface area contributed by atoms with Gasteiger partial charge in [0.25, 0.3) is 5.91 Å². The summed E-state index contributed by atoms with van der Waals surface area (Å²) in [7, 11) is 0. The van der Waals surface area contributed by atoms with Gasteiger partial charge >= 0.3 is 0 Å². The molecule has 120 valence electrons. The smallest absolute Gasteiger partial charge is 0.271 e. The van der Waals surface area contributed by atoms with Crippen molar-refractivity contribution in [2.45, 2.75) is 26.2 Å². The Balaban J connectivity index is 2.05. The van der Waals surface area contributed by atoms with Gasteiger partial charge in [-0.05, 0) is 41.3 Å². The van der Waals surface area contributed by atoms with Crippen molar-refractivity contribution >= 4 is 28.1 Å². The maximum absolute atomic E-state index is 12.1. The van der Waals surface area contributed by atoms with E-state index in [1.165, 1.54) is 6.21 Å². The van der Waals surface area contributed by atoms with E-state index in [0.717, 1.165) is 10.0 Å². The van der Waals surface area contributed by atoms with Crippen molar-refractivity contribution in [2.24, 2.45) is 5.10 Å². The average Bonchev–Trinajstić information content (AvgIpc) is 2.50. The minimum absolute atomic E-state index is 0.0470. The van der Waals surface area contributed by atoms with Gasteiger partial charge in [-0.15, -0.1) is 0 Å². The second kappa shape index (κ2) is 6.96. The molecule has 0 aliphatic rings. The number of nitrogens with one attached hydrogen (secondary N) is 1. The van der Waals surface area contributed by atoms with E-state index in [2.05, 4.69) is 47.2 Å². The molecule has 0 fully saturated rings. The number of amides is 1. The van der Waals surface area contributed by atoms with E-state index in [4.69, 9.17) is 0 Å². The summed E-state index contributed by atoms with van der Waals surface area (Å²) in [5, 5.41) is 13.6. The van der Waals surface area contributed by atoms with Gasteiger partial charge in [-0.25, -0.2) is 5.43 Å². The number of carbonyl (C=O) groups excluding carboxylic acids is 1. The lowest BCUT2D eigenvalue weighted by Gasteiger charge is -2.18. The summed E-state index contributed by atoms with van der Waals surface area (Å²) >= 11 is 3.32. The molecule has 2 N–H and O–H groups in total. The monoisotopic (exact) mass is 374 g/mol. The number of halogens is 1. The third-order valence-corrected chi connectivity index (χ3v) is 3.87. The normalized spacial score (nSPS) is 11.7. The predicted octanol–water partition coefficient (Wildman–Crippen LogP) is 4.22. The molecule has 0 saturated heterocycles. The molecule has 0 bridgehead atoms. The Labute approximate surface area is 144 Å². The molecule has 1 amide bonds. The first-order chi connectivity index (χ1) is 10.8. The number of rotatable bonds is 3. The molecule has 0 aliphatic carbocycles. The Morgan fingerprint density at radius 1 is 1.17 bits per heavy atom. The molecule has 0 aromatic heterocycles. The molecule has 0 spiro atoms. The van der Waals surface area contributed by atoms with Crippen LogP contribution in [0.1, 0.15) is 42.3 Å². The number of phenolic OH excluding ortho intramolecular Hbond substituents is 1. The lowest BCUT2D eigenvalue weighted by Crippen LogP contribution is -2.18. The minimum atomic E-state index is -0.295. The van der Waals surface area contributed by atoms with Crippen LogP contribution in [0.3, 0.4) is 0 Å². The zero-order valence-electron chi connectivity index (χ0n) is 13.3. The zero-order chi connectivity index (χ0) is 17.0. The van der Waals surface area contributed by atoms with Crippen LogP contribution >= 0.6 is 15.9 Å². The highest BCUT2D eigenvalue weighted by molar-refractivity contribution is 9.10. The second-order valence-electron chi connectivity index (χ2n) is 6.23. The van der Waals surface area contributed by atoms with E-state index in [1.54, 1.807) is 30.3 Å². The largest absolute Gasteiger partial charge is 0.507 e. The molecule has 23 heavy (non-hydrogen) atoms. The summed E-state index contributed by atoms with van der Waals surface area (Å²) < 4.78 is 0.820. The fourth-order valence-corrected chi connectivity index (χ4v) is 2.35. The van der Waals surface area contributed by atoms with Crippen LogP contribution in [0.2, 0.25) is 0 Å². The zero-order valence-corrected chi connectivity index (χ0v) is 14.9. The minimum Gasteiger partial charge on any atom is -0.507 e. The van der Waals surface area contributed by atoms with Gasteiger partial charge in [-0.3, -0.25) is 4.79 Å². The molecule has 0 atom stereocenters. The molecule has 0 saturated carbocycles. The van der Waals surface area contributed by atoms with Crippen LogP contribution in [0, 0.1) is 0 Å². The highest BCUT2D eigenvalue weighted by Crippen LogP contribution is 2.22. The summed E-state index contributed by atoms with van der Waals surface area (Å²) in [6.07, 6.45) is 1.40. The lowest BCUT2D eigenvalue weighted by molar-refractivity contribution is 0.0955.